The van der Waals surface area contributed by atoms with Gasteiger partial charge in [0.1, 0.15) is 23.9 Å². The molecule has 0 fully saturated rings. The van der Waals surface area contributed by atoms with E-state index in [9.17, 15) is 4.79 Å². The maximum absolute atomic E-state index is 12.1. The summed E-state index contributed by atoms with van der Waals surface area (Å²) >= 11 is 5.88. The number of carbonyl (C=O) groups excluding carboxylic acids is 1. The van der Waals surface area contributed by atoms with Crippen molar-refractivity contribution >= 4 is 17.5 Å². The number of imidazole rings is 1. The summed E-state index contributed by atoms with van der Waals surface area (Å²) in [4.78, 5) is 20.5. The Morgan fingerprint density at radius 2 is 2.04 bits per heavy atom. The first-order valence-corrected chi connectivity index (χ1v) is 8.74. The zero-order valence-corrected chi connectivity index (χ0v) is 15.5. The Bertz CT molecular complexity index is 742. The third kappa shape index (κ3) is 3.96. The van der Waals surface area contributed by atoms with Crippen LogP contribution in [0.2, 0.25) is 5.02 Å². The molecule has 1 aliphatic heterocycles. The van der Waals surface area contributed by atoms with Crippen LogP contribution in [-0.2, 0) is 6.54 Å². The number of amides is 1. The van der Waals surface area contributed by atoms with E-state index in [2.05, 4.69) is 21.4 Å². The fraction of sp³-hybridized carbons (Fsp3) is 0.444. The third-order valence-corrected chi connectivity index (χ3v) is 4.70. The van der Waals surface area contributed by atoms with Crippen molar-refractivity contribution in [3.05, 3.63) is 47.0 Å². The number of ether oxygens (including phenoxy) is 1. The number of rotatable bonds is 5. The predicted octanol–water partition coefficient (Wildman–Crippen LogP) is 2.69. The molecule has 2 aromatic rings. The smallest absolute Gasteiger partial charge is 0.273 e. The standard InChI is InChI=1S/C18H23ClN4O2/c1-13-17-20-16(18(24)21(2)3)12-23(17)9-8-22(13)10-11-25-15-6-4-14(19)5-7-15/h4-7,12-13H,8-11H2,1-3H3. The molecule has 0 spiro atoms. The average Bonchev–Trinajstić information content (AvgIpc) is 3.03. The second-order valence-corrected chi connectivity index (χ2v) is 6.83. The van der Waals surface area contributed by atoms with Crippen molar-refractivity contribution < 1.29 is 9.53 Å². The van der Waals surface area contributed by atoms with Gasteiger partial charge in [-0.3, -0.25) is 9.69 Å². The Morgan fingerprint density at radius 1 is 1.32 bits per heavy atom. The highest BCUT2D eigenvalue weighted by Gasteiger charge is 2.27. The Hall–Kier alpha value is -2.05. The predicted molar refractivity (Wildman–Crippen MR) is 97.2 cm³/mol. The van der Waals surface area contributed by atoms with E-state index in [4.69, 9.17) is 16.3 Å². The van der Waals surface area contributed by atoms with Crippen LogP contribution in [-0.4, -0.2) is 59.0 Å². The highest BCUT2D eigenvalue weighted by molar-refractivity contribution is 6.30. The van der Waals surface area contributed by atoms with Crippen LogP contribution >= 0.6 is 11.6 Å². The monoisotopic (exact) mass is 362 g/mol. The molecule has 1 amide bonds. The molecule has 0 N–H and O–H groups in total. The van der Waals surface area contributed by atoms with Crippen LogP contribution in [0.3, 0.4) is 0 Å². The lowest BCUT2D eigenvalue weighted by atomic mass is 10.2. The molecule has 0 aliphatic carbocycles. The third-order valence-electron chi connectivity index (χ3n) is 4.44. The minimum absolute atomic E-state index is 0.0632. The van der Waals surface area contributed by atoms with Gasteiger partial charge in [-0.15, -0.1) is 0 Å². The molecule has 6 nitrogen and oxygen atoms in total. The van der Waals surface area contributed by atoms with Crippen molar-refractivity contribution in [1.82, 2.24) is 19.4 Å². The summed E-state index contributed by atoms with van der Waals surface area (Å²) in [5.74, 6) is 1.68. The summed E-state index contributed by atoms with van der Waals surface area (Å²) in [7, 11) is 3.48. The van der Waals surface area contributed by atoms with Gasteiger partial charge in [-0.1, -0.05) is 11.6 Å². The number of halogens is 1. The van der Waals surface area contributed by atoms with Gasteiger partial charge < -0.3 is 14.2 Å². The summed E-state index contributed by atoms with van der Waals surface area (Å²) in [6, 6.07) is 7.52. The fourth-order valence-electron chi connectivity index (χ4n) is 2.99. The van der Waals surface area contributed by atoms with Crippen LogP contribution in [0.1, 0.15) is 29.3 Å². The Balaban J connectivity index is 1.60. The first-order chi connectivity index (χ1) is 12.0. The lowest BCUT2D eigenvalue weighted by molar-refractivity contribution is 0.0822. The summed E-state index contributed by atoms with van der Waals surface area (Å²) in [6.45, 7) is 5.24. The van der Waals surface area contributed by atoms with E-state index in [0.717, 1.165) is 31.2 Å². The Morgan fingerprint density at radius 3 is 2.72 bits per heavy atom. The molecule has 134 valence electrons. The summed E-state index contributed by atoms with van der Waals surface area (Å²) in [5.41, 5.74) is 0.506. The van der Waals surface area contributed by atoms with E-state index in [1.54, 1.807) is 19.0 Å². The molecule has 1 aliphatic rings. The molecular formula is C18H23ClN4O2. The van der Waals surface area contributed by atoms with Crippen LogP contribution in [0.4, 0.5) is 0 Å². The van der Waals surface area contributed by atoms with Gasteiger partial charge in [0.25, 0.3) is 5.91 Å². The normalized spacial score (nSPS) is 17.2. The first kappa shape index (κ1) is 17.8. The molecule has 0 saturated carbocycles. The van der Waals surface area contributed by atoms with E-state index in [1.807, 2.05) is 30.5 Å². The highest BCUT2D eigenvalue weighted by Crippen LogP contribution is 2.24. The van der Waals surface area contributed by atoms with E-state index in [0.29, 0.717) is 17.3 Å². The highest BCUT2D eigenvalue weighted by atomic mass is 35.5. The number of hydrogen-bond acceptors (Lipinski definition) is 4. The molecular weight excluding hydrogens is 340 g/mol. The van der Waals surface area contributed by atoms with Crippen molar-refractivity contribution in [2.75, 3.05) is 33.8 Å². The van der Waals surface area contributed by atoms with Gasteiger partial charge >= 0.3 is 0 Å². The van der Waals surface area contributed by atoms with Crippen molar-refractivity contribution in [3.63, 3.8) is 0 Å². The molecule has 7 heteroatoms. The second-order valence-electron chi connectivity index (χ2n) is 6.39. The van der Waals surface area contributed by atoms with Gasteiger partial charge in [0.05, 0.1) is 6.04 Å². The molecule has 1 aromatic carbocycles. The largest absolute Gasteiger partial charge is 0.492 e. The van der Waals surface area contributed by atoms with E-state index < -0.39 is 0 Å². The van der Waals surface area contributed by atoms with Gasteiger partial charge in [-0.2, -0.15) is 0 Å². The SMILES string of the molecule is CC1c2nc(C(=O)N(C)C)cn2CCN1CCOc1ccc(Cl)cc1. The van der Waals surface area contributed by atoms with E-state index >= 15 is 0 Å². The fourth-order valence-corrected chi connectivity index (χ4v) is 3.11. The molecule has 25 heavy (non-hydrogen) atoms. The molecule has 0 saturated heterocycles. The number of carbonyl (C=O) groups is 1. The van der Waals surface area contributed by atoms with Gasteiger partial charge in [-0.25, -0.2) is 4.98 Å². The van der Waals surface area contributed by atoms with Crippen molar-refractivity contribution in [1.29, 1.82) is 0 Å². The van der Waals surface area contributed by atoms with Gasteiger partial charge in [-0.05, 0) is 31.2 Å². The number of benzene rings is 1. The molecule has 0 bridgehead atoms. The topological polar surface area (TPSA) is 50.6 Å². The zero-order valence-electron chi connectivity index (χ0n) is 14.8. The summed E-state index contributed by atoms with van der Waals surface area (Å²) in [6.07, 6.45) is 1.86. The number of nitrogens with zero attached hydrogens (tertiary/aromatic N) is 4. The van der Waals surface area contributed by atoms with Crippen LogP contribution < -0.4 is 4.74 Å². The lowest BCUT2D eigenvalue weighted by Gasteiger charge is -2.33. The van der Waals surface area contributed by atoms with E-state index in [1.165, 1.54) is 0 Å². The van der Waals surface area contributed by atoms with E-state index in [-0.39, 0.29) is 11.9 Å². The Kier molecular flexibility index (Phi) is 5.30. The maximum Gasteiger partial charge on any atom is 0.273 e. The first-order valence-electron chi connectivity index (χ1n) is 8.37. The van der Waals surface area contributed by atoms with Gasteiger partial charge in [0.15, 0.2) is 0 Å². The minimum atomic E-state index is -0.0632. The number of hydrogen-bond donors (Lipinski definition) is 0. The molecule has 2 heterocycles. The summed E-state index contributed by atoms with van der Waals surface area (Å²) < 4.78 is 7.87. The molecule has 1 unspecified atom stereocenters. The van der Waals surface area contributed by atoms with Gasteiger partial charge in [0, 0.05) is 44.9 Å². The lowest BCUT2D eigenvalue weighted by Crippen LogP contribution is -2.39. The average molecular weight is 363 g/mol. The second kappa shape index (κ2) is 7.45. The molecule has 0 radical (unpaired) electrons. The van der Waals surface area contributed by atoms with Gasteiger partial charge in [0.2, 0.25) is 0 Å². The number of aromatic nitrogens is 2. The molecule has 3 rings (SSSR count). The Labute approximate surface area is 153 Å². The van der Waals surface area contributed by atoms with Crippen LogP contribution in [0.15, 0.2) is 30.5 Å². The number of fused-ring (bicyclic) bond motifs is 1. The summed E-state index contributed by atoms with van der Waals surface area (Å²) in [5, 5.41) is 0.701. The molecule has 1 atom stereocenters. The van der Waals surface area contributed by atoms with Crippen molar-refractivity contribution in [3.8, 4) is 5.75 Å². The molecule has 1 aromatic heterocycles. The maximum atomic E-state index is 12.1. The van der Waals surface area contributed by atoms with Crippen LogP contribution in [0.25, 0.3) is 0 Å². The quantitative estimate of drug-likeness (QED) is 0.820. The minimum Gasteiger partial charge on any atom is -0.492 e. The van der Waals surface area contributed by atoms with Crippen molar-refractivity contribution in [2.45, 2.75) is 19.5 Å². The zero-order chi connectivity index (χ0) is 18.0. The van der Waals surface area contributed by atoms with Crippen LogP contribution in [0, 0.1) is 0 Å². The van der Waals surface area contributed by atoms with Crippen LogP contribution in [0.5, 0.6) is 5.75 Å². The van der Waals surface area contributed by atoms with Crippen molar-refractivity contribution in [2.24, 2.45) is 0 Å².